The van der Waals surface area contributed by atoms with Crippen molar-refractivity contribution in [3.63, 3.8) is 0 Å². The van der Waals surface area contributed by atoms with Gasteiger partial charge >= 0.3 is 6.18 Å². The van der Waals surface area contributed by atoms with Crippen LogP contribution in [-0.2, 0) is 6.61 Å². The zero-order valence-electron chi connectivity index (χ0n) is 13.2. The molecule has 2 rings (SSSR count). The molecule has 0 amide bonds. The number of ketones is 1. The van der Waals surface area contributed by atoms with E-state index in [1.54, 1.807) is 0 Å². The average molecular weight is 338 g/mol. The van der Waals surface area contributed by atoms with Gasteiger partial charge in [0.2, 0.25) is 11.9 Å². The first-order valence-corrected chi connectivity index (χ1v) is 7.26. The Morgan fingerprint density at radius 3 is 2.33 bits per heavy atom. The fourth-order valence-corrected chi connectivity index (χ4v) is 2.14. The van der Waals surface area contributed by atoms with E-state index in [1.165, 1.54) is 24.3 Å². The van der Waals surface area contributed by atoms with E-state index < -0.39 is 18.1 Å². The van der Waals surface area contributed by atoms with Crippen LogP contribution >= 0.6 is 0 Å². The lowest BCUT2D eigenvalue weighted by atomic mass is 10.1. The molecule has 0 aliphatic carbocycles. The third-order valence-electron chi connectivity index (χ3n) is 3.60. The van der Waals surface area contributed by atoms with E-state index in [-0.39, 0.29) is 5.56 Å². The Kier molecular flexibility index (Phi) is 5.29. The first kappa shape index (κ1) is 18.0. The van der Waals surface area contributed by atoms with E-state index in [0.717, 1.165) is 16.7 Å². The quantitative estimate of drug-likeness (QED) is 0.839. The van der Waals surface area contributed by atoms with Crippen molar-refractivity contribution in [1.29, 1.82) is 0 Å². The number of hydrogen-bond acceptors (Lipinski definition) is 3. The fourth-order valence-electron chi connectivity index (χ4n) is 2.14. The summed E-state index contributed by atoms with van der Waals surface area (Å²) in [6.07, 6.45) is -7.99. The van der Waals surface area contributed by atoms with Crippen molar-refractivity contribution in [3.05, 3.63) is 64.7 Å². The van der Waals surface area contributed by atoms with Crippen molar-refractivity contribution in [3.8, 4) is 5.75 Å². The van der Waals surface area contributed by atoms with Crippen LogP contribution in [0.15, 0.2) is 42.5 Å². The number of Topliss-reactive ketones (excluding diaryl/α,β-unsaturated/α-hetero) is 1. The third kappa shape index (κ3) is 4.35. The maximum absolute atomic E-state index is 12.3. The normalized spacial score (nSPS) is 12.8. The number of benzene rings is 2. The Bertz CT molecular complexity index is 721. The number of aryl methyl sites for hydroxylation is 2. The molecule has 128 valence electrons. The maximum atomic E-state index is 12.3. The average Bonchev–Trinajstić information content (AvgIpc) is 2.54. The van der Waals surface area contributed by atoms with Gasteiger partial charge in [-0.25, -0.2) is 0 Å². The molecule has 0 saturated heterocycles. The number of carbonyl (C=O) groups excluding carboxylic acids is 1. The van der Waals surface area contributed by atoms with Crippen molar-refractivity contribution < 1.29 is 27.8 Å². The molecule has 1 unspecified atom stereocenters. The molecule has 6 heteroatoms. The van der Waals surface area contributed by atoms with Crippen molar-refractivity contribution >= 4 is 5.78 Å². The molecule has 3 nitrogen and oxygen atoms in total. The van der Waals surface area contributed by atoms with Crippen molar-refractivity contribution in [2.24, 2.45) is 0 Å². The van der Waals surface area contributed by atoms with Crippen LogP contribution in [0.25, 0.3) is 0 Å². The lowest BCUT2D eigenvalue weighted by Gasteiger charge is -2.14. The molecule has 2 aromatic carbocycles. The minimum absolute atomic E-state index is 0.223. The van der Waals surface area contributed by atoms with Gasteiger partial charge in [-0.3, -0.25) is 4.79 Å². The fraction of sp³-hybridized carbons (Fsp3) is 0.278. The van der Waals surface area contributed by atoms with Gasteiger partial charge in [-0.2, -0.15) is 13.2 Å². The van der Waals surface area contributed by atoms with Gasteiger partial charge in [-0.1, -0.05) is 23.8 Å². The van der Waals surface area contributed by atoms with E-state index in [0.29, 0.717) is 12.4 Å². The molecular formula is C18H17F3O3. The Balaban J connectivity index is 2.04. The summed E-state index contributed by atoms with van der Waals surface area (Å²) in [6.45, 7) is 4.24. The molecule has 1 N–H and O–H groups in total. The number of hydrogen-bond donors (Lipinski definition) is 1. The molecule has 0 heterocycles. The summed E-state index contributed by atoms with van der Waals surface area (Å²) in [7, 11) is 0. The van der Waals surface area contributed by atoms with E-state index in [4.69, 9.17) is 9.84 Å². The van der Waals surface area contributed by atoms with E-state index >= 15 is 0 Å². The Morgan fingerprint density at radius 1 is 1.12 bits per heavy atom. The SMILES string of the molecule is Cc1ccc(C)c(COc2ccc(C(=O)C(O)C(F)(F)F)cc2)c1. The number of alkyl halides is 3. The highest BCUT2D eigenvalue weighted by atomic mass is 19.4. The summed E-state index contributed by atoms with van der Waals surface area (Å²) >= 11 is 0. The van der Waals surface area contributed by atoms with Crippen LogP contribution in [0.2, 0.25) is 0 Å². The van der Waals surface area contributed by atoms with Gasteiger partial charge < -0.3 is 9.84 Å². The largest absolute Gasteiger partial charge is 0.489 e. The summed E-state index contributed by atoms with van der Waals surface area (Å²) in [5.74, 6) is -0.961. The van der Waals surface area contributed by atoms with Crippen LogP contribution in [0.4, 0.5) is 13.2 Å². The zero-order valence-corrected chi connectivity index (χ0v) is 13.2. The Labute approximate surface area is 137 Å². The predicted octanol–water partition coefficient (Wildman–Crippen LogP) is 3.99. The molecule has 24 heavy (non-hydrogen) atoms. The molecule has 1 atom stereocenters. The van der Waals surface area contributed by atoms with Crippen molar-refractivity contribution in [2.45, 2.75) is 32.7 Å². The van der Waals surface area contributed by atoms with Gasteiger partial charge in [0.15, 0.2) is 0 Å². The molecule has 0 fully saturated rings. The summed E-state index contributed by atoms with van der Waals surface area (Å²) in [5, 5.41) is 8.98. The lowest BCUT2D eigenvalue weighted by molar-refractivity contribution is -0.186. The highest BCUT2D eigenvalue weighted by molar-refractivity contribution is 5.99. The summed E-state index contributed by atoms with van der Waals surface area (Å²) in [4.78, 5) is 11.6. The topological polar surface area (TPSA) is 46.5 Å². The summed E-state index contributed by atoms with van der Waals surface area (Å²) in [6, 6.07) is 11.2. The van der Waals surface area contributed by atoms with Crippen molar-refractivity contribution in [1.82, 2.24) is 0 Å². The zero-order chi connectivity index (χ0) is 17.9. The second-order valence-electron chi connectivity index (χ2n) is 5.55. The van der Waals surface area contributed by atoms with Gasteiger partial charge in [-0.15, -0.1) is 0 Å². The smallest absolute Gasteiger partial charge is 0.421 e. The number of halogens is 3. The second kappa shape index (κ2) is 7.05. The molecule has 0 bridgehead atoms. The van der Waals surface area contributed by atoms with Crippen LogP contribution in [-0.4, -0.2) is 23.2 Å². The third-order valence-corrected chi connectivity index (χ3v) is 3.60. The highest BCUT2D eigenvalue weighted by Crippen LogP contribution is 2.24. The van der Waals surface area contributed by atoms with E-state index in [2.05, 4.69) is 0 Å². The maximum Gasteiger partial charge on any atom is 0.421 e. The van der Waals surface area contributed by atoms with E-state index in [9.17, 15) is 18.0 Å². The summed E-state index contributed by atoms with van der Waals surface area (Å²) in [5.41, 5.74) is 2.95. The predicted molar refractivity (Wildman–Crippen MR) is 83.1 cm³/mol. The van der Waals surface area contributed by atoms with Gasteiger partial charge in [0.25, 0.3) is 0 Å². The molecule has 0 saturated carbocycles. The molecule has 2 aromatic rings. The Morgan fingerprint density at radius 2 is 1.75 bits per heavy atom. The first-order valence-electron chi connectivity index (χ1n) is 7.26. The van der Waals surface area contributed by atoms with Crippen LogP contribution in [0.3, 0.4) is 0 Å². The lowest BCUT2D eigenvalue weighted by Crippen LogP contribution is -2.36. The van der Waals surface area contributed by atoms with Crippen LogP contribution < -0.4 is 4.74 Å². The van der Waals surface area contributed by atoms with Crippen LogP contribution in [0, 0.1) is 13.8 Å². The number of rotatable bonds is 5. The number of aliphatic hydroxyl groups is 1. The molecule has 0 aromatic heterocycles. The molecule has 0 aliphatic heterocycles. The van der Waals surface area contributed by atoms with Crippen LogP contribution in [0.1, 0.15) is 27.0 Å². The number of carbonyl (C=O) groups is 1. The van der Waals surface area contributed by atoms with E-state index in [1.807, 2.05) is 32.0 Å². The monoisotopic (exact) mass is 338 g/mol. The van der Waals surface area contributed by atoms with Crippen molar-refractivity contribution in [2.75, 3.05) is 0 Å². The standard InChI is InChI=1S/C18H17F3O3/c1-11-3-4-12(2)14(9-11)10-24-15-7-5-13(6-8-15)16(22)17(23)18(19,20)21/h3-9,17,23H,10H2,1-2H3. The molecule has 0 radical (unpaired) electrons. The van der Waals surface area contributed by atoms with Gasteiger partial charge in [0.1, 0.15) is 12.4 Å². The van der Waals surface area contributed by atoms with Gasteiger partial charge in [0, 0.05) is 5.56 Å². The molecular weight excluding hydrogens is 321 g/mol. The van der Waals surface area contributed by atoms with Crippen LogP contribution in [0.5, 0.6) is 5.75 Å². The Hall–Kier alpha value is -2.34. The minimum atomic E-state index is -4.98. The van der Waals surface area contributed by atoms with Gasteiger partial charge in [-0.05, 0) is 49.2 Å². The first-order chi connectivity index (χ1) is 11.2. The molecule has 0 spiro atoms. The molecule has 0 aliphatic rings. The highest BCUT2D eigenvalue weighted by Gasteiger charge is 2.43. The second-order valence-corrected chi connectivity index (χ2v) is 5.55. The number of aliphatic hydroxyl groups excluding tert-OH is 1. The number of ether oxygens (including phenoxy) is 1. The summed E-state index contributed by atoms with van der Waals surface area (Å²) < 4.78 is 42.6. The minimum Gasteiger partial charge on any atom is -0.489 e. The van der Waals surface area contributed by atoms with Gasteiger partial charge in [0.05, 0.1) is 0 Å².